The maximum absolute atomic E-state index is 8.70. The largest absolute Gasteiger partial charge is 0.490 e. The number of nitrogens with zero attached hydrogens (tertiary/aromatic N) is 1. The number of halogens is 1. The molecule has 5 heteroatoms. The van der Waals surface area contributed by atoms with Crippen molar-refractivity contribution in [3.8, 4) is 11.5 Å². The summed E-state index contributed by atoms with van der Waals surface area (Å²) in [6.45, 7) is 7.10. The average molecular weight is 425 g/mol. The van der Waals surface area contributed by atoms with Crippen molar-refractivity contribution < 1.29 is 14.7 Å². The van der Waals surface area contributed by atoms with Crippen molar-refractivity contribution in [1.82, 2.24) is 0 Å². The molecule has 2 rings (SSSR count). The van der Waals surface area contributed by atoms with E-state index >= 15 is 0 Å². The van der Waals surface area contributed by atoms with Crippen molar-refractivity contribution in [2.75, 3.05) is 6.61 Å². The second-order valence-electron chi connectivity index (χ2n) is 5.29. The highest BCUT2D eigenvalue weighted by atomic mass is 127. The van der Waals surface area contributed by atoms with Crippen LogP contribution in [0, 0.1) is 17.4 Å². The second kappa shape index (κ2) is 8.19. The highest BCUT2D eigenvalue weighted by Crippen LogP contribution is 2.34. The summed E-state index contributed by atoms with van der Waals surface area (Å²) in [5.41, 5.74) is 4.33. The summed E-state index contributed by atoms with van der Waals surface area (Å²) in [5, 5.41) is 11.8. The smallest absolute Gasteiger partial charge is 0.175 e. The lowest BCUT2D eigenvalue weighted by Gasteiger charge is -2.15. The van der Waals surface area contributed by atoms with E-state index in [2.05, 4.69) is 59.8 Å². The molecular formula is C18H20INO3. The normalized spacial score (nSPS) is 11.0. The summed E-state index contributed by atoms with van der Waals surface area (Å²) < 4.78 is 12.6. The predicted octanol–water partition coefficient (Wildman–Crippen LogP) is 4.69. The zero-order valence-corrected chi connectivity index (χ0v) is 15.6. The molecule has 0 radical (unpaired) electrons. The zero-order chi connectivity index (χ0) is 16.8. The van der Waals surface area contributed by atoms with E-state index in [4.69, 9.17) is 14.7 Å². The lowest BCUT2D eigenvalue weighted by atomic mass is 10.1. The molecule has 0 unspecified atom stereocenters. The molecule has 0 bridgehead atoms. The predicted molar refractivity (Wildman–Crippen MR) is 100.0 cm³/mol. The summed E-state index contributed by atoms with van der Waals surface area (Å²) in [5.74, 6) is 1.36. The maximum Gasteiger partial charge on any atom is 0.175 e. The van der Waals surface area contributed by atoms with Crippen molar-refractivity contribution >= 4 is 28.8 Å². The molecule has 122 valence electrons. The number of hydrogen-bond donors (Lipinski definition) is 1. The minimum absolute atomic E-state index is 0.478. The van der Waals surface area contributed by atoms with Crippen LogP contribution in [0.15, 0.2) is 35.5 Å². The minimum atomic E-state index is 0.478. The van der Waals surface area contributed by atoms with Crippen molar-refractivity contribution in [2.24, 2.45) is 5.16 Å². The third-order valence-corrected chi connectivity index (χ3v) is 4.00. The van der Waals surface area contributed by atoms with E-state index in [1.165, 1.54) is 17.3 Å². The third-order valence-electron chi connectivity index (χ3n) is 3.20. The first-order valence-corrected chi connectivity index (χ1v) is 8.45. The fourth-order valence-electron chi connectivity index (χ4n) is 2.44. The van der Waals surface area contributed by atoms with Gasteiger partial charge in [0.2, 0.25) is 0 Å². The Morgan fingerprint density at radius 2 is 1.78 bits per heavy atom. The summed E-state index contributed by atoms with van der Waals surface area (Å²) in [7, 11) is 0. The molecule has 0 saturated heterocycles. The third kappa shape index (κ3) is 4.86. The Hall–Kier alpha value is -1.76. The molecule has 0 fully saturated rings. The van der Waals surface area contributed by atoms with Gasteiger partial charge in [-0.15, -0.1) is 0 Å². The fraction of sp³-hybridized carbons (Fsp3) is 0.278. The quantitative estimate of drug-likeness (QED) is 0.316. The van der Waals surface area contributed by atoms with E-state index < -0.39 is 0 Å². The van der Waals surface area contributed by atoms with Crippen molar-refractivity contribution in [3.63, 3.8) is 0 Å². The van der Waals surface area contributed by atoms with Gasteiger partial charge < -0.3 is 14.7 Å². The highest BCUT2D eigenvalue weighted by Gasteiger charge is 2.12. The molecule has 0 aliphatic rings. The van der Waals surface area contributed by atoms with Gasteiger partial charge in [-0.3, -0.25) is 0 Å². The van der Waals surface area contributed by atoms with E-state index in [1.54, 1.807) is 0 Å². The van der Waals surface area contributed by atoms with Gasteiger partial charge in [0.15, 0.2) is 11.5 Å². The number of ether oxygens (including phenoxy) is 2. The summed E-state index contributed by atoms with van der Waals surface area (Å²) in [4.78, 5) is 0. The number of benzene rings is 2. The van der Waals surface area contributed by atoms with E-state index in [9.17, 15) is 0 Å². The van der Waals surface area contributed by atoms with Crippen LogP contribution in [0.5, 0.6) is 11.5 Å². The van der Waals surface area contributed by atoms with Crippen LogP contribution in [0.1, 0.15) is 29.2 Å². The van der Waals surface area contributed by atoms with Gasteiger partial charge in [-0.05, 0) is 61.1 Å². The van der Waals surface area contributed by atoms with Crippen LogP contribution < -0.4 is 9.47 Å². The minimum Gasteiger partial charge on any atom is -0.490 e. The molecule has 0 atom stereocenters. The van der Waals surface area contributed by atoms with Gasteiger partial charge in [0.25, 0.3) is 0 Å². The highest BCUT2D eigenvalue weighted by molar-refractivity contribution is 14.1. The van der Waals surface area contributed by atoms with Crippen LogP contribution in [-0.4, -0.2) is 18.0 Å². The molecule has 2 aromatic rings. The Bertz CT molecular complexity index is 693. The van der Waals surface area contributed by atoms with E-state index in [1.807, 2.05) is 19.1 Å². The van der Waals surface area contributed by atoms with E-state index in [0.29, 0.717) is 24.7 Å². The number of hydrogen-bond acceptors (Lipinski definition) is 4. The molecule has 1 N–H and O–H groups in total. The van der Waals surface area contributed by atoms with Crippen LogP contribution in [0.25, 0.3) is 0 Å². The lowest BCUT2D eigenvalue weighted by molar-refractivity contribution is 0.267. The van der Waals surface area contributed by atoms with Crippen LogP contribution in [0.4, 0.5) is 0 Å². The van der Waals surface area contributed by atoms with Crippen molar-refractivity contribution in [2.45, 2.75) is 27.4 Å². The first-order valence-electron chi connectivity index (χ1n) is 7.37. The van der Waals surface area contributed by atoms with Gasteiger partial charge in [0.05, 0.1) is 16.4 Å². The molecule has 0 heterocycles. The Morgan fingerprint density at radius 3 is 2.39 bits per heavy atom. The van der Waals surface area contributed by atoms with Crippen LogP contribution in [0.2, 0.25) is 0 Å². The van der Waals surface area contributed by atoms with Crippen molar-refractivity contribution in [3.05, 3.63) is 56.2 Å². The number of aryl methyl sites for hydroxylation is 2. The molecular weight excluding hydrogens is 405 g/mol. The molecule has 0 aliphatic heterocycles. The summed E-state index contributed by atoms with van der Waals surface area (Å²) in [6.07, 6.45) is 1.37. The first kappa shape index (κ1) is 17.6. The zero-order valence-electron chi connectivity index (χ0n) is 13.5. The Labute approximate surface area is 150 Å². The van der Waals surface area contributed by atoms with Crippen LogP contribution >= 0.6 is 22.6 Å². The fourth-order valence-corrected chi connectivity index (χ4v) is 3.22. The number of rotatable bonds is 6. The van der Waals surface area contributed by atoms with Gasteiger partial charge in [-0.1, -0.05) is 34.5 Å². The molecule has 0 amide bonds. The molecule has 0 aliphatic carbocycles. The standard InChI is InChI=1S/C18H20INO3/c1-4-22-17-9-14(10-20-21)8-16(19)18(17)23-11-15-6-12(2)5-13(3)7-15/h5-10,21H,4,11H2,1-3H3/b20-10-. The van der Waals surface area contributed by atoms with Crippen LogP contribution in [0.3, 0.4) is 0 Å². The molecule has 2 aromatic carbocycles. The summed E-state index contributed by atoms with van der Waals surface area (Å²) in [6, 6.07) is 10.1. The molecule has 4 nitrogen and oxygen atoms in total. The molecule has 0 aromatic heterocycles. The van der Waals surface area contributed by atoms with Gasteiger partial charge >= 0.3 is 0 Å². The topological polar surface area (TPSA) is 51.0 Å². The lowest BCUT2D eigenvalue weighted by Crippen LogP contribution is -2.03. The monoisotopic (exact) mass is 425 g/mol. The first-order chi connectivity index (χ1) is 11.0. The van der Waals surface area contributed by atoms with Crippen LogP contribution in [-0.2, 0) is 6.61 Å². The SMILES string of the molecule is CCOc1cc(/C=N\O)cc(I)c1OCc1cc(C)cc(C)c1. The van der Waals surface area contributed by atoms with Crippen molar-refractivity contribution in [1.29, 1.82) is 0 Å². The second-order valence-corrected chi connectivity index (χ2v) is 6.45. The molecule has 23 heavy (non-hydrogen) atoms. The summed E-state index contributed by atoms with van der Waals surface area (Å²) >= 11 is 2.20. The van der Waals surface area contributed by atoms with E-state index in [0.717, 1.165) is 14.7 Å². The number of oxime groups is 1. The maximum atomic E-state index is 8.70. The Kier molecular flexibility index (Phi) is 6.27. The molecule has 0 saturated carbocycles. The average Bonchev–Trinajstić information content (AvgIpc) is 2.46. The van der Waals surface area contributed by atoms with Gasteiger partial charge in [-0.25, -0.2) is 0 Å². The van der Waals surface area contributed by atoms with Gasteiger partial charge in [0, 0.05) is 5.56 Å². The Balaban J connectivity index is 2.27. The van der Waals surface area contributed by atoms with Gasteiger partial charge in [0.1, 0.15) is 6.61 Å². The van der Waals surface area contributed by atoms with E-state index in [-0.39, 0.29) is 0 Å². The Morgan fingerprint density at radius 1 is 1.09 bits per heavy atom. The van der Waals surface area contributed by atoms with Gasteiger partial charge in [-0.2, -0.15) is 0 Å². The molecule has 0 spiro atoms.